The highest BCUT2D eigenvalue weighted by molar-refractivity contribution is 7.99. The van der Waals surface area contributed by atoms with Crippen molar-refractivity contribution in [3.63, 3.8) is 0 Å². The molecule has 0 atom stereocenters. The number of nitrogens with zero attached hydrogens (tertiary/aromatic N) is 3. The minimum absolute atomic E-state index is 1.02. The van der Waals surface area contributed by atoms with Crippen LogP contribution in [0.3, 0.4) is 0 Å². The highest BCUT2D eigenvalue weighted by Crippen LogP contribution is 2.38. The van der Waals surface area contributed by atoms with Crippen molar-refractivity contribution in [3.8, 4) is 0 Å². The van der Waals surface area contributed by atoms with Crippen molar-refractivity contribution in [2.45, 2.75) is 30.7 Å². The predicted octanol–water partition coefficient (Wildman–Crippen LogP) is 5.06. The first kappa shape index (κ1) is 15.3. The third-order valence-corrected chi connectivity index (χ3v) is 6.93. The zero-order valence-electron chi connectivity index (χ0n) is 13.7. The van der Waals surface area contributed by atoms with Gasteiger partial charge in [0.25, 0.3) is 0 Å². The van der Waals surface area contributed by atoms with Gasteiger partial charge in [-0.3, -0.25) is 0 Å². The molecule has 3 heterocycles. The van der Waals surface area contributed by atoms with E-state index in [0.29, 0.717) is 0 Å². The third-order valence-electron chi connectivity index (χ3n) is 4.71. The summed E-state index contributed by atoms with van der Waals surface area (Å²) in [4.78, 5) is 15.1. The molecule has 0 amide bonds. The van der Waals surface area contributed by atoms with Crippen LogP contribution in [0.5, 0.6) is 0 Å². The largest absolute Gasteiger partial charge is 0.242 e. The molecule has 0 saturated heterocycles. The topological polar surface area (TPSA) is 38.7 Å². The van der Waals surface area contributed by atoms with Crippen LogP contribution in [0.1, 0.15) is 23.2 Å². The smallest absolute Gasteiger partial charge is 0.126 e. The standard InChI is InChI=1S/C20H17N3S2/c1-2-5-13(6-3-1)9-10-24-20-18-17(21-12-22-20)15-11-14-7-4-8-16(14)23-19(15)25-18/h1-3,5-6,11-12H,4,7-10H2. The fraction of sp³-hybridized carbons (Fsp3) is 0.250. The van der Waals surface area contributed by atoms with Crippen LogP contribution in [0.15, 0.2) is 47.8 Å². The molecule has 1 aliphatic carbocycles. The van der Waals surface area contributed by atoms with E-state index < -0.39 is 0 Å². The molecule has 25 heavy (non-hydrogen) atoms. The zero-order chi connectivity index (χ0) is 16.6. The number of benzene rings is 1. The monoisotopic (exact) mass is 363 g/mol. The molecule has 0 N–H and O–H groups in total. The van der Waals surface area contributed by atoms with Gasteiger partial charge in [-0.15, -0.1) is 23.1 Å². The van der Waals surface area contributed by atoms with Crippen molar-refractivity contribution in [2.75, 3.05) is 5.75 Å². The quantitative estimate of drug-likeness (QED) is 0.375. The molecule has 0 saturated carbocycles. The van der Waals surface area contributed by atoms with Crippen molar-refractivity contribution in [3.05, 3.63) is 59.5 Å². The summed E-state index contributed by atoms with van der Waals surface area (Å²) in [6.07, 6.45) is 6.25. The summed E-state index contributed by atoms with van der Waals surface area (Å²) in [5.41, 5.74) is 5.13. The van der Waals surface area contributed by atoms with E-state index >= 15 is 0 Å². The first-order chi connectivity index (χ1) is 12.4. The number of fused-ring (bicyclic) bond motifs is 4. The lowest BCUT2D eigenvalue weighted by atomic mass is 10.2. The van der Waals surface area contributed by atoms with Crippen LogP contribution < -0.4 is 0 Å². The second-order valence-electron chi connectivity index (χ2n) is 6.34. The molecule has 0 spiro atoms. The van der Waals surface area contributed by atoms with Crippen LogP contribution in [0.25, 0.3) is 20.4 Å². The lowest BCUT2D eigenvalue weighted by Gasteiger charge is -2.02. The number of thiophene rings is 1. The van der Waals surface area contributed by atoms with Gasteiger partial charge in [-0.1, -0.05) is 30.3 Å². The van der Waals surface area contributed by atoms with Crippen molar-refractivity contribution in [1.82, 2.24) is 15.0 Å². The Kier molecular flexibility index (Phi) is 3.91. The Hall–Kier alpha value is -1.98. The van der Waals surface area contributed by atoms with E-state index in [-0.39, 0.29) is 0 Å². The van der Waals surface area contributed by atoms with Crippen LogP contribution in [0.2, 0.25) is 0 Å². The van der Waals surface area contributed by atoms with Crippen molar-refractivity contribution >= 4 is 43.5 Å². The maximum Gasteiger partial charge on any atom is 0.126 e. The predicted molar refractivity (Wildman–Crippen MR) is 106 cm³/mol. The summed E-state index contributed by atoms with van der Waals surface area (Å²) in [6, 6.07) is 12.9. The van der Waals surface area contributed by atoms with E-state index in [1.165, 1.54) is 33.3 Å². The second-order valence-corrected chi connectivity index (χ2v) is 8.43. The van der Waals surface area contributed by atoms with Gasteiger partial charge in [-0.2, -0.15) is 0 Å². The summed E-state index contributed by atoms with van der Waals surface area (Å²) in [5.74, 6) is 1.02. The van der Waals surface area contributed by atoms with E-state index in [2.05, 4.69) is 46.4 Å². The summed E-state index contributed by atoms with van der Waals surface area (Å²) in [6.45, 7) is 0. The number of thioether (sulfide) groups is 1. The Morgan fingerprint density at radius 2 is 2.00 bits per heavy atom. The molecular formula is C20H17N3S2. The lowest BCUT2D eigenvalue weighted by molar-refractivity contribution is 0.901. The summed E-state index contributed by atoms with van der Waals surface area (Å²) < 4.78 is 1.19. The Balaban J connectivity index is 1.48. The molecule has 3 aromatic heterocycles. The van der Waals surface area contributed by atoms with Gasteiger partial charge < -0.3 is 0 Å². The zero-order valence-corrected chi connectivity index (χ0v) is 15.4. The van der Waals surface area contributed by atoms with E-state index in [9.17, 15) is 0 Å². The molecule has 1 aromatic carbocycles. The molecule has 0 unspecified atom stereocenters. The van der Waals surface area contributed by atoms with Crippen LogP contribution in [0.4, 0.5) is 0 Å². The number of pyridine rings is 1. The SMILES string of the molecule is c1ccc(CCSc2ncnc3c2sc2nc4c(cc23)CCC4)cc1. The highest BCUT2D eigenvalue weighted by atomic mass is 32.2. The van der Waals surface area contributed by atoms with E-state index in [0.717, 1.165) is 40.4 Å². The van der Waals surface area contributed by atoms with Crippen LogP contribution in [-0.2, 0) is 19.3 Å². The van der Waals surface area contributed by atoms with Crippen molar-refractivity contribution in [1.29, 1.82) is 0 Å². The average molecular weight is 364 g/mol. The highest BCUT2D eigenvalue weighted by Gasteiger charge is 2.18. The Bertz CT molecular complexity index is 1060. The first-order valence-corrected chi connectivity index (χ1v) is 10.4. The van der Waals surface area contributed by atoms with E-state index in [1.807, 2.05) is 11.8 Å². The molecule has 0 bridgehead atoms. The van der Waals surface area contributed by atoms with Gasteiger partial charge in [-0.25, -0.2) is 15.0 Å². The van der Waals surface area contributed by atoms with Gasteiger partial charge >= 0.3 is 0 Å². The Morgan fingerprint density at radius 1 is 1.08 bits per heavy atom. The number of aryl methyl sites for hydroxylation is 3. The maximum absolute atomic E-state index is 4.90. The fourth-order valence-electron chi connectivity index (χ4n) is 3.45. The van der Waals surface area contributed by atoms with Gasteiger partial charge in [0.2, 0.25) is 0 Å². The van der Waals surface area contributed by atoms with Gasteiger partial charge in [0.15, 0.2) is 0 Å². The normalized spacial score (nSPS) is 13.6. The number of hydrogen-bond donors (Lipinski definition) is 0. The summed E-state index contributed by atoms with van der Waals surface area (Å²) in [7, 11) is 0. The minimum Gasteiger partial charge on any atom is -0.242 e. The minimum atomic E-state index is 1.02. The fourth-order valence-corrected chi connectivity index (χ4v) is 5.65. The third kappa shape index (κ3) is 2.81. The van der Waals surface area contributed by atoms with Crippen LogP contribution in [-0.4, -0.2) is 20.7 Å². The van der Waals surface area contributed by atoms with E-state index in [1.54, 1.807) is 17.7 Å². The van der Waals surface area contributed by atoms with Crippen LogP contribution in [0, 0.1) is 0 Å². The molecule has 124 valence electrons. The molecule has 1 aliphatic rings. The van der Waals surface area contributed by atoms with Gasteiger partial charge in [0, 0.05) is 16.8 Å². The second kappa shape index (κ2) is 6.39. The number of rotatable bonds is 4. The van der Waals surface area contributed by atoms with E-state index in [4.69, 9.17) is 4.98 Å². The average Bonchev–Trinajstić information content (AvgIpc) is 3.25. The number of hydrogen-bond acceptors (Lipinski definition) is 5. The Labute approximate surface area is 154 Å². The molecule has 0 radical (unpaired) electrons. The molecule has 5 heteroatoms. The summed E-state index contributed by atoms with van der Waals surface area (Å²) in [5, 5.41) is 2.29. The first-order valence-electron chi connectivity index (χ1n) is 8.61. The molecule has 3 nitrogen and oxygen atoms in total. The molecule has 5 rings (SSSR count). The van der Waals surface area contributed by atoms with Gasteiger partial charge in [-0.05, 0) is 42.9 Å². The molecule has 4 aromatic rings. The number of aromatic nitrogens is 3. The van der Waals surface area contributed by atoms with Crippen molar-refractivity contribution < 1.29 is 0 Å². The van der Waals surface area contributed by atoms with Crippen LogP contribution >= 0.6 is 23.1 Å². The van der Waals surface area contributed by atoms with Crippen molar-refractivity contribution in [2.24, 2.45) is 0 Å². The summed E-state index contributed by atoms with van der Waals surface area (Å²) >= 11 is 3.56. The maximum atomic E-state index is 4.90. The Morgan fingerprint density at radius 3 is 2.92 bits per heavy atom. The lowest BCUT2D eigenvalue weighted by Crippen LogP contribution is -1.90. The molecule has 0 aliphatic heterocycles. The molecule has 0 fully saturated rings. The van der Waals surface area contributed by atoms with Gasteiger partial charge in [0.1, 0.15) is 16.2 Å². The van der Waals surface area contributed by atoms with Gasteiger partial charge in [0.05, 0.1) is 10.2 Å². The molecular weight excluding hydrogens is 346 g/mol.